The molecule has 2 saturated heterocycles. The summed E-state index contributed by atoms with van der Waals surface area (Å²) >= 11 is 0. The molecule has 0 aliphatic carbocycles. The van der Waals surface area contributed by atoms with Gasteiger partial charge >= 0.3 is 0 Å². The molecule has 0 radical (unpaired) electrons. The highest BCUT2D eigenvalue weighted by molar-refractivity contribution is 5.77. The molecule has 2 aromatic heterocycles. The standard InChI is InChI=1S/C23H32N6O/c1-15-13-18(26-22-8-4-5-11-24-22)14-20(25-15)21-7-6-12-29(21)23(30)10-9-19-16(2)27-28-17(19)3/h4-5,8,11,13-14,16-17,19,21,27-28H,6-7,9-10,12H2,1-3H3,(H,24,25,26). The number of likely N-dealkylation sites (tertiary alicyclic amines) is 1. The Kier molecular flexibility index (Phi) is 6.29. The Bertz CT molecular complexity index is 863. The van der Waals surface area contributed by atoms with Gasteiger partial charge in [-0.15, -0.1) is 0 Å². The average molecular weight is 409 g/mol. The number of anilines is 2. The number of amides is 1. The van der Waals surface area contributed by atoms with Gasteiger partial charge in [-0.2, -0.15) is 0 Å². The first-order valence-electron chi connectivity index (χ1n) is 11.0. The number of pyridine rings is 2. The van der Waals surface area contributed by atoms with E-state index in [1.165, 1.54) is 0 Å². The summed E-state index contributed by atoms with van der Waals surface area (Å²) in [6.45, 7) is 7.17. The Labute approximate surface area is 178 Å². The average Bonchev–Trinajstić information content (AvgIpc) is 3.34. The maximum Gasteiger partial charge on any atom is 0.223 e. The highest BCUT2D eigenvalue weighted by Crippen LogP contribution is 2.34. The molecule has 0 spiro atoms. The highest BCUT2D eigenvalue weighted by atomic mass is 16.2. The van der Waals surface area contributed by atoms with Crippen molar-refractivity contribution < 1.29 is 4.79 Å². The molecule has 2 aliphatic rings. The van der Waals surface area contributed by atoms with Crippen LogP contribution in [0.4, 0.5) is 11.5 Å². The van der Waals surface area contributed by atoms with Gasteiger partial charge in [0.25, 0.3) is 0 Å². The van der Waals surface area contributed by atoms with Crippen LogP contribution in [-0.4, -0.2) is 39.4 Å². The van der Waals surface area contributed by atoms with Crippen LogP contribution in [0.2, 0.25) is 0 Å². The first-order valence-corrected chi connectivity index (χ1v) is 11.0. The summed E-state index contributed by atoms with van der Waals surface area (Å²) in [5, 5.41) is 3.36. The second-order valence-corrected chi connectivity index (χ2v) is 8.58. The molecule has 160 valence electrons. The smallest absolute Gasteiger partial charge is 0.223 e. The van der Waals surface area contributed by atoms with Gasteiger partial charge in [0, 0.05) is 42.6 Å². The van der Waals surface area contributed by atoms with Gasteiger partial charge in [0.15, 0.2) is 0 Å². The van der Waals surface area contributed by atoms with E-state index in [0.717, 1.165) is 48.7 Å². The lowest BCUT2D eigenvalue weighted by atomic mass is 9.91. The lowest BCUT2D eigenvalue weighted by molar-refractivity contribution is -0.132. The van der Waals surface area contributed by atoms with E-state index in [4.69, 9.17) is 4.98 Å². The number of nitrogens with one attached hydrogen (secondary N) is 3. The minimum Gasteiger partial charge on any atom is -0.340 e. The van der Waals surface area contributed by atoms with Gasteiger partial charge in [-0.1, -0.05) is 6.07 Å². The third kappa shape index (κ3) is 4.63. The third-order valence-electron chi connectivity index (χ3n) is 6.34. The van der Waals surface area contributed by atoms with Gasteiger partial charge in [-0.25, -0.2) is 4.98 Å². The van der Waals surface area contributed by atoms with Crippen LogP contribution in [0.1, 0.15) is 57.0 Å². The number of nitrogens with zero attached hydrogens (tertiary/aromatic N) is 3. The molecule has 0 saturated carbocycles. The number of carbonyl (C=O) groups is 1. The summed E-state index contributed by atoms with van der Waals surface area (Å²) in [6, 6.07) is 10.7. The summed E-state index contributed by atoms with van der Waals surface area (Å²) < 4.78 is 0. The van der Waals surface area contributed by atoms with E-state index >= 15 is 0 Å². The zero-order chi connectivity index (χ0) is 21.1. The summed E-state index contributed by atoms with van der Waals surface area (Å²) in [5.74, 6) is 1.52. The minimum atomic E-state index is 0.0522. The van der Waals surface area contributed by atoms with Gasteiger partial charge in [-0.05, 0) is 70.2 Å². The van der Waals surface area contributed by atoms with Crippen molar-refractivity contribution in [2.24, 2.45) is 5.92 Å². The fraction of sp³-hybridized carbons (Fsp3) is 0.522. The van der Waals surface area contributed by atoms with E-state index in [1.54, 1.807) is 6.20 Å². The van der Waals surface area contributed by atoms with E-state index in [1.807, 2.05) is 36.1 Å². The topological polar surface area (TPSA) is 82.2 Å². The predicted octanol–water partition coefficient (Wildman–Crippen LogP) is 3.47. The number of rotatable bonds is 6. The summed E-state index contributed by atoms with van der Waals surface area (Å²) in [5.41, 5.74) is 9.43. The van der Waals surface area contributed by atoms with Crippen LogP contribution >= 0.6 is 0 Å². The maximum atomic E-state index is 13.1. The van der Waals surface area contributed by atoms with Crippen molar-refractivity contribution >= 4 is 17.4 Å². The maximum absolute atomic E-state index is 13.1. The Hall–Kier alpha value is -2.51. The number of carbonyl (C=O) groups excluding carboxylic acids is 1. The van der Waals surface area contributed by atoms with Crippen LogP contribution in [0.5, 0.6) is 0 Å². The largest absolute Gasteiger partial charge is 0.340 e. The summed E-state index contributed by atoms with van der Waals surface area (Å²) in [6.07, 6.45) is 5.24. The molecule has 2 aromatic rings. The van der Waals surface area contributed by atoms with Gasteiger partial charge in [0.2, 0.25) is 5.91 Å². The van der Waals surface area contributed by atoms with Crippen LogP contribution in [0.25, 0.3) is 0 Å². The van der Waals surface area contributed by atoms with Crippen molar-refractivity contribution in [3.8, 4) is 0 Å². The fourth-order valence-electron chi connectivity index (χ4n) is 4.74. The Morgan fingerprint density at radius 3 is 2.77 bits per heavy atom. The SMILES string of the molecule is Cc1cc(Nc2ccccn2)cc(C2CCCN2C(=O)CCC2C(C)NNC2C)n1. The number of aryl methyl sites for hydroxylation is 1. The number of hydrogen-bond acceptors (Lipinski definition) is 6. The van der Waals surface area contributed by atoms with Crippen molar-refractivity contribution in [1.82, 2.24) is 25.7 Å². The molecule has 2 aliphatic heterocycles. The number of aromatic nitrogens is 2. The predicted molar refractivity (Wildman–Crippen MR) is 118 cm³/mol. The Morgan fingerprint density at radius 2 is 2.03 bits per heavy atom. The van der Waals surface area contributed by atoms with Crippen molar-refractivity contribution in [3.63, 3.8) is 0 Å². The molecule has 4 heterocycles. The van der Waals surface area contributed by atoms with Gasteiger partial charge < -0.3 is 10.2 Å². The second kappa shape index (κ2) is 9.10. The molecule has 0 aromatic carbocycles. The van der Waals surface area contributed by atoms with Crippen LogP contribution in [0, 0.1) is 12.8 Å². The molecular weight excluding hydrogens is 376 g/mol. The highest BCUT2D eigenvalue weighted by Gasteiger charge is 2.34. The second-order valence-electron chi connectivity index (χ2n) is 8.58. The molecule has 3 unspecified atom stereocenters. The first kappa shape index (κ1) is 20.8. The van der Waals surface area contributed by atoms with Gasteiger partial charge in [0.1, 0.15) is 5.82 Å². The molecule has 0 bridgehead atoms. The zero-order valence-electron chi connectivity index (χ0n) is 18.1. The van der Waals surface area contributed by atoms with Crippen LogP contribution in [0.15, 0.2) is 36.5 Å². The molecular formula is C23H32N6O. The summed E-state index contributed by atoms with van der Waals surface area (Å²) in [7, 11) is 0. The lowest BCUT2D eigenvalue weighted by Gasteiger charge is -2.26. The first-order chi connectivity index (χ1) is 14.5. The third-order valence-corrected chi connectivity index (χ3v) is 6.34. The Balaban J connectivity index is 1.45. The zero-order valence-corrected chi connectivity index (χ0v) is 18.1. The van der Waals surface area contributed by atoms with Crippen molar-refractivity contribution in [3.05, 3.63) is 47.9 Å². The molecule has 3 atom stereocenters. The van der Waals surface area contributed by atoms with Crippen LogP contribution in [0.3, 0.4) is 0 Å². The Morgan fingerprint density at radius 1 is 1.23 bits per heavy atom. The van der Waals surface area contributed by atoms with Gasteiger partial charge in [-0.3, -0.25) is 20.6 Å². The van der Waals surface area contributed by atoms with Crippen molar-refractivity contribution in [2.75, 3.05) is 11.9 Å². The van der Waals surface area contributed by atoms with Gasteiger partial charge in [0.05, 0.1) is 11.7 Å². The van der Waals surface area contributed by atoms with E-state index in [9.17, 15) is 4.79 Å². The normalized spacial score (nSPS) is 26.2. The summed E-state index contributed by atoms with van der Waals surface area (Å²) in [4.78, 5) is 24.3. The van der Waals surface area contributed by atoms with Crippen molar-refractivity contribution in [2.45, 2.75) is 64.6 Å². The fourth-order valence-corrected chi connectivity index (χ4v) is 4.74. The molecule has 7 heteroatoms. The molecule has 30 heavy (non-hydrogen) atoms. The minimum absolute atomic E-state index is 0.0522. The van der Waals surface area contributed by atoms with E-state index in [2.05, 4.69) is 41.1 Å². The monoisotopic (exact) mass is 408 g/mol. The molecule has 1 amide bonds. The molecule has 4 rings (SSSR count). The number of hydrogen-bond donors (Lipinski definition) is 3. The quantitative estimate of drug-likeness (QED) is 0.679. The van der Waals surface area contributed by atoms with Crippen molar-refractivity contribution in [1.29, 1.82) is 0 Å². The number of hydrazine groups is 1. The van der Waals surface area contributed by atoms with E-state index in [0.29, 0.717) is 24.4 Å². The molecule has 3 N–H and O–H groups in total. The van der Waals surface area contributed by atoms with E-state index in [-0.39, 0.29) is 11.9 Å². The molecule has 2 fully saturated rings. The lowest BCUT2D eigenvalue weighted by Crippen LogP contribution is -2.32. The molecule has 7 nitrogen and oxygen atoms in total. The van der Waals surface area contributed by atoms with E-state index < -0.39 is 0 Å². The van der Waals surface area contributed by atoms with Crippen LogP contribution in [-0.2, 0) is 4.79 Å². The van der Waals surface area contributed by atoms with Crippen LogP contribution < -0.4 is 16.2 Å².